The molecule has 0 unspecified atom stereocenters. The molecule has 0 aromatic heterocycles. The third-order valence-electron chi connectivity index (χ3n) is 4.81. The van der Waals surface area contributed by atoms with Gasteiger partial charge < -0.3 is 10.1 Å². The zero-order chi connectivity index (χ0) is 17.7. The van der Waals surface area contributed by atoms with E-state index >= 15 is 0 Å². The number of esters is 1. The lowest BCUT2D eigenvalue weighted by atomic mass is 9.67. The predicted molar refractivity (Wildman–Crippen MR) is 89.0 cm³/mol. The third-order valence-corrected chi connectivity index (χ3v) is 4.81. The van der Waals surface area contributed by atoms with Gasteiger partial charge in [-0.15, -0.1) is 0 Å². The molecule has 0 radical (unpaired) electrons. The van der Waals surface area contributed by atoms with Crippen LogP contribution in [0.3, 0.4) is 0 Å². The quantitative estimate of drug-likeness (QED) is 0.487. The Morgan fingerprint density at radius 3 is 2.67 bits per heavy atom. The molecule has 2 bridgehead atoms. The number of nitriles is 2. The fourth-order valence-corrected chi connectivity index (χ4v) is 3.73. The van der Waals surface area contributed by atoms with Crippen LogP contribution in [0.2, 0.25) is 0 Å². The summed E-state index contributed by atoms with van der Waals surface area (Å²) in [6.45, 7) is 5.57. The average Bonchev–Trinajstić information content (AvgIpc) is 2.91. The van der Waals surface area contributed by atoms with Gasteiger partial charge in [0, 0.05) is 31.3 Å². The van der Waals surface area contributed by atoms with Crippen molar-refractivity contribution in [2.24, 2.45) is 17.3 Å². The van der Waals surface area contributed by atoms with Gasteiger partial charge in [-0.1, -0.05) is 31.8 Å². The van der Waals surface area contributed by atoms with E-state index in [0.29, 0.717) is 12.0 Å². The van der Waals surface area contributed by atoms with E-state index in [-0.39, 0.29) is 25.0 Å². The fraction of sp³-hybridized carbons (Fsp3) is 0.632. The van der Waals surface area contributed by atoms with Crippen LogP contribution >= 0.6 is 0 Å². The molecule has 0 spiro atoms. The highest BCUT2D eigenvalue weighted by atomic mass is 16.5. The summed E-state index contributed by atoms with van der Waals surface area (Å²) >= 11 is 0. The highest BCUT2D eigenvalue weighted by Crippen LogP contribution is 2.45. The molecule has 0 aromatic rings. The van der Waals surface area contributed by atoms with Crippen molar-refractivity contribution >= 4 is 5.97 Å². The molecule has 1 saturated heterocycles. The Bertz CT molecular complexity index is 655. The minimum Gasteiger partial charge on any atom is -0.453 e. The SMILES string of the molecule is CC(=O)OCC#CCC(C#N)(C#N)C1=C[C@H]2CC[C@H](N2)[C@@H]1C(C)C. The van der Waals surface area contributed by atoms with Crippen LogP contribution in [-0.4, -0.2) is 24.7 Å². The Balaban J connectivity index is 2.27. The number of carbonyl (C=O) groups excluding carboxylic acids is 1. The van der Waals surface area contributed by atoms with Gasteiger partial charge >= 0.3 is 5.97 Å². The second-order valence-corrected chi connectivity index (χ2v) is 6.79. The maximum absolute atomic E-state index is 10.7. The standard InChI is InChI=1S/C19H23N3O2/c1-13(2)18-16(10-15-6-7-17(18)22-15)19(11-20,12-21)8-4-5-9-24-14(3)23/h10,13,15,17-18,22H,6-9H2,1-3H3/t15-,17+,18-/m1/s1. The molecule has 0 amide bonds. The van der Waals surface area contributed by atoms with Gasteiger partial charge in [-0.25, -0.2) is 0 Å². The van der Waals surface area contributed by atoms with Gasteiger partial charge in [0.1, 0.15) is 0 Å². The zero-order valence-corrected chi connectivity index (χ0v) is 14.4. The number of nitrogens with zero attached hydrogens (tertiary/aromatic N) is 2. The van der Waals surface area contributed by atoms with Gasteiger partial charge in [0.15, 0.2) is 12.0 Å². The molecule has 5 heteroatoms. The van der Waals surface area contributed by atoms with Crippen molar-refractivity contribution in [3.05, 3.63) is 11.6 Å². The highest BCUT2D eigenvalue weighted by Gasteiger charge is 2.47. The summed E-state index contributed by atoms with van der Waals surface area (Å²) in [5, 5.41) is 23.1. The van der Waals surface area contributed by atoms with Crippen molar-refractivity contribution in [3.63, 3.8) is 0 Å². The molecule has 5 nitrogen and oxygen atoms in total. The Kier molecular flexibility index (Phi) is 5.66. The van der Waals surface area contributed by atoms with Gasteiger partial charge in [-0.3, -0.25) is 4.79 Å². The second kappa shape index (κ2) is 7.52. The van der Waals surface area contributed by atoms with Crippen LogP contribution in [0.4, 0.5) is 0 Å². The Morgan fingerprint density at radius 1 is 1.38 bits per heavy atom. The lowest BCUT2D eigenvalue weighted by Crippen LogP contribution is -2.45. The second-order valence-electron chi connectivity index (χ2n) is 6.79. The van der Waals surface area contributed by atoms with Crippen LogP contribution in [0, 0.1) is 51.8 Å². The van der Waals surface area contributed by atoms with Gasteiger partial charge in [0.25, 0.3) is 0 Å². The summed E-state index contributed by atoms with van der Waals surface area (Å²) in [5.41, 5.74) is -0.322. The summed E-state index contributed by atoms with van der Waals surface area (Å²) in [6.07, 6.45) is 4.32. The number of carbonyl (C=O) groups is 1. The monoisotopic (exact) mass is 325 g/mol. The van der Waals surface area contributed by atoms with E-state index in [4.69, 9.17) is 4.74 Å². The van der Waals surface area contributed by atoms with E-state index in [1.807, 2.05) is 0 Å². The molecule has 0 saturated carbocycles. The van der Waals surface area contributed by atoms with Crippen LogP contribution in [-0.2, 0) is 9.53 Å². The first-order chi connectivity index (χ1) is 11.4. The first kappa shape index (κ1) is 18.1. The van der Waals surface area contributed by atoms with Crippen molar-refractivity contribution in [3.8, 4) is 24.0 Å². The molecule has 2 aliphatic heterocycles. The minimum atomic E-state index is -1.24. The summed E-state index contributed by atoms with van der Waals surface area (Å²) in [6, 6.07) is 5.01. The molecule has 24 heavy (non-hydrogen) atoms. The molecule has 2 rings (SSSR count). The van der Waals surface area contributed by atoms with E-state index in [0.717, 1.165) is 18.4 Å². The largest absolute Gasteiger partial charge is 0.453 e. The topological polar surface area (TPSA) is 85.9 Å². The third kappa shape index (κ3) is 3.61. The average molecular weight is 325 g/mol. The van der Waals surface area contributed by atoms with Crippen LogP contribution in [0.5, 0.6) is 0 Å². The van der Waals surface area contributed by atoms with Gasteiger partial charge in [0.05, 0.1) is 12.1 Å². The smallest absolute Gasteiger partial charge is 0.303 e. The molecule has 2 aliphatic rings. The van der Waals surface area contributed by atoms with E-state index in [1.54, 1.807) is 0 Å². The Labute approximate surface area is 143 Å². The lowest BCUT2D eigenvalue weighted by Gasteiger charge is -2.38. The molecule has 0 aliphatic carbocycles. The van der Waals surface area contributed by atoms with Crippen molar-refractivity contribution < 1.29 is 9.53 Å². The Hall–Kier alpha value is -2.29. The minimum absolute atomic E-state index is 0.0122. The molecule has 3 atom stereocenters. The molecular formula is C19H23N3O2. The molecule has 126 valence electrons. The lowest BCUT2D eigenvalue weighted by molar-refractivity contribution is -0.139. The molecule has 1 N–H and O–H groups in total. The van der Waals surface area contributed by atoms with E-state index < -0.39 is 11.4 Å². The summed E-state index contributed by atoms with van der Waals surface area (Å²) in [4.78, 5) is 10.7. The maximum atomic E-state index is 10.7. The van der Waals surface area contributed by atoms with Gasteiger partial charge in [0.2, 0.25) is 0 Å². The Morgan fingerprint density at radius 2 is 2.08 bits per heavy atom. The number of fused-ring (bicyclic) bond motifs is 2. The van der Waals surface area contributed by atoms with Crippen LogP contribution in [0.1, 0.15) is 40.0 Å². The van der Waals surface area contributed by atoms with Crippen LogP contribution in [0.25, 0.3) is 0 Å². The summed E-state index contributed by atoms with van der Waals surface area (Å²) < 4.78 is 4.77. The van der Waals surface area contributed by atoms with Crippen molar-refractivity contribution in [1.82, 2.24) is 5.32 Å². The van der Waals surface area contributed by atoms with E-state index in [1.165, 1.54) is 6.92 Å². The molecule has 2 heterocycles. The van der Waals surface area contributed by atoms with Crippen LogP contribution < -0.4 is 5.32 Å². The summed E-state index contributed by atoms with van der Waals surface area (Å²) in [5.74, 6) is 5.69. The number of hydrogen-bond acceptors (Lipinski definition) is 5. The van der Waals surface area contributed by atoms with Crippen molar-refractivity contribution in [1.29, 1.82) is 10.5 Å². The zero-order valence-electron chi connectivity index (χ0n) is 14.4. The molecular weight excluding hydrogens is 302 g/mol. The van der Waals surface area contributed by atoms with E-state index in [2.05, 4.69) is 49.2 Å². The van der Waals surface area contributed by atoms with Crippen molar-refractivity contribution in [2.45, 2.75) is 52.1 Å². The first-order valence-electron chi connectivity index (χ1n) is 8.33. The van der Waals surface area contributed by atoms with Crippen molar-refractivity contribution in [2.75, 3.05) is 6.61 Å². The molecule has 1 fully saturated rings. The first-order valence-corrected chi connectivity index (χ1v) is 8.33. The maximum Gasteiger partial charge on any atom is 0.303 e. The summed E-state index contributed by atoms with van der Waals surface area (Å²) in [7, 11) is 0. The number of hydrogen-bond donors (Lipinski definition) is 1. The fourth-order valence-electron chi connectivity index (χ4n) is 3.73. The number of rotatable bonds is 4. The predicted octanol–water partition coefficient (Wildman–Crippen LogP) is 2.31. The van der Waals surface area contributed by atoms with Gasteiger partial charge in [-0.2, -0.15) is 10.5 Å². The molecule has 0 aromatic carbocycles. The normalized spacial score (nSPS) is 25.1. The van der Waals surface area contributed by atoms with Gasteiger partial charge in [-0.05, 0) is 24.3 Å². The van der Waals surface area contributed by atoms with E-state index in [9.17, 15) is 15.3 Å². The number of nitrogens with one attached hydrogen (secondary N) is 1. The highest BCUT2D eigenvalue weighted by molar-refractivity contribution is 5.66. The number of ether oxygens (including phenoxy) is 1. The van der Waals surface area contributed by atoms with Crippen LogP contribution in [0.15, 0.2) is 11.6 Å².